The van der Waals surface area contributed by atoms with Crippen molar-refractivity contribution in [1.82, 2.24) is 5.32 Å². The molecule has 3 N–H and O–H groups in total. The molecule has 0 aliphatic heterocycles. The summed E-state index contributed by atoms with van der Waals surface area (Å²) in [6, 6.07) is 16.4. The molecule has 7 heteroatoms. The lowest BCUT2D eigenvalue weighted by molar-refractivity contribution is -0.706. The Morgan fingerprint density at radius 2 is 1.75 bits per heavy atom. The first-order chi connectivity index (χ1) is 11.4. The molecule has 0 saturated carbocycles. The summed E-state index contributed by atoms with van der Waals surface area (Å²) in [7, 11) is 1.56. The van der Waals surface area contributed by atoms with Crippen LogP contribution in [-0.2, 0) is 6.54 Å². The van der Waals surface area contributed by atoms with Gasteiger partial charge >= 0.3 is 0 Å². The number of rotatable bonds is 6. The van der Waals surface area contributed by atoms with Crippen LogP contribution in [0.4, 0.5) is 0 Å². The summed E-state index contributed by atoms with van der Waals surface area (Å²) >= 11 is 18.0. The lowest BCUT2D eigenvalue weighted by Gasteiger charge is -2.23. The molecule has 0 aliphatic rings. The number of nitrogens with two attached hydrogens (primary N) is 1. The van der Waals surface area contributed by atoms with E-state index in [-0.39, 0.29) is 5.91 Å². The van der Waals surface area contributed by atoms with Crippen molar-refractivity contribution in [2.24, 2.45) is 0 Å². The van der Waals surface area contributed by atoms with E-state index in [1.807, 2.05) is 30.3 Å². The van der Waals surface area contributed by atoms with Gasteiger partial charge in [0.1, 0.15) is 12.3 Å². The van der Waals surface area contributed by atoms with Gasteiger partial charge in [0.25, 0.3) is 9.70 Å². The summed E-state index contributed by atoms with van der Waals surface area (Å²) in [5.41, 5.74) is 1.53. The van der Waals surface area contributed by atoms with Gasteiger partial charge in [0.2, 0.25) is 6.17 Å². The molecule has 2 rings (SSSR count). The molecule has 0 heterocycles. The zero-order valence-corrected chi connectivity index (χ0v) is 15.3. The van der Waals surface area contributed by atoms with E-state index in [2.05, 4.69) is 5.32 Å². The topological polar surface area (TPSA) is 54.9 Å². The number of ether oxygens (including phenoxy) is 1. The zero-order chi connectivity index (χ0) is 17.6. The molecule has 1 amide bonds. The van der Waals surface area contributed by atoms with Crippen LogP contribution in [0.15, 0.2) is 54.6 Å². The Labute approximate surface area is 156 Å². The SMILES string of the molecule is COc1ccc(C(=O)N[C@H]([NH2+]Cc2ccccc2)C(Cl)(Cl)Cl)cc1. The number of amides is 1. The largest absolute Gasteiger partial charge is 0.497 e. The van der Waals surface area contributed by atoms with Crippen molar-refractivity contribution in [2.45, 2.75) is 16.5 Å². The van der Waals surface area contributed by atoms with Crippen molar-refractivity contribution in [3.8, 4) is 5.75 Å². The minimum Gasteiger partial charge on any atom is -0.497 e. The molecule has 2 aromatic rings. The molecular weight excluding hydrogens is 371 g/mol. The first kappa shape index (κ1) is 18.9. The summed E-state index contributed by atoms with van der Waals surface area (Å²) in [4.78, 5) is 12.4. The molecule has 4 nitrogen and oxygen atoms in total. The molecule has 1 atom stereocenters. The van der Waals surface area contributed by atoms with Crippen molar-refractivity contribution in [3.63, 3.8) is 0 Å². The molecule has 0 radical (unpaired) electrons. The summed E-state index contributed by atoms with van der Waals surface area (Å²) in [5, 5.41) is 4.53. The number of hydrogen-bond donors (Lipinski definition) is 2. The highest BCUT2D eigenvalue weighted by molar-refractivity contribution is 6.68. The number of benzene rings is 2. The second kappa shape index (κ2) is 8.58. The van der Waals surface area contributed by atoms with Gasteiger partial charge in [0.15, 0.2) is 0 Å². The minimum atomic E-state index is -1.64. The van der Waals surface area contributed by atoms with E-state index in [1.54, 1.807) is 36.7 Å². The lowest BCUT2D eigenvalue weighted by Crippen LogP contribution is -2.95. The van der Waals surface area contributed by atoms with Gasteiger partial charge in [-0.3, -0.25) is 10.1 Å². The quantitative estimate of drug-likeness (QED) is 0.590. The summed E-state index contributed by atoms with van der Waals surface area (Å²) in [6.07, 6.45) is -0.725. The van der Waals surface area contributed by atoms with Gasteiger partial charge in [0.05, 0.1) is 7.11 Å². The Morgan fingerprint density at radius 1 is 1.12 bits per heavy atom. The van der Waals surface area contributed by atoms with Crippen LogP contribution in [0.25, 0.3) is 0 Å². The normalized spacial score (nSPS) is 12.5. The predicted molar refractivity (Wildman–Crippen MR) is 96.6 cm³/mol. The molecule has 0 unspecified atom stereocenters. The maximum Gasteiger partial charge on any atom is 0.262 e. The van der Waals surface area contributed by atoms with E-state index in [1.165, 1.54) is 0 Å². The number of methoxy groups -OCH3 is 1. The summed E-state index contributed by atoms with van der Waals surface area (Å²) in [6.45, 7) is 0.572. The molecule has 0 aliphatic carbocycles. The third-order valence-corrected chi connectivity index (χ3v) is 4.13. The Hall–Kier alpha value is -1.46. The van der Waals surface area contributed by atoms with Crippen molar-refractivity contribution >= 4 is 40.7 Å². The highest BCUT2D eigenvalue weighted by Crippen LogP contribution is 2.27. The van der Waals surface area contributed by atoms with Gasteiger partial charge in [-0.25, -0.2) is 0 Å². The fourth-order valence-electron chi connectivity index (χ4n) is 2.11. The Bertz CT molecular complexity index is 658. The molecule has 24 heavy (non-hydrogen) atoms. The van der Waals surface area contributed by atoms with Crippen molar-refractivity contribution in [3.05, 3.63) is 65.7 Å². The zero-order valence-electron chi connectivity index (χ0n) is 13.0. The molecule has 0 saturated heterocycles. The predicted octanol–water partition coefficient (Wildman–Crippen LogP) is 2.88. The van der Waals surface area contributed by atoms with E-state index >= 15 is 0 Å². The second-order valence-electron chi connectivity index (χ2n) is 5.15. The maximum atomic E-state index is 12.4. The lowest BCUT2D eigenvalue weighted by atomic mass is 10.2. The van der Waals surface area contributed by atoms with Gasteiger partial charge in [0, 0.05) is 11.1 Å². The Morgan fingerprint density at radius 3 is 2.29 bits per heavy atom. The Balaban J connectivity index is 2.03. The standard InChI is InChI=1S/C17H17Cl3N2O2/c1-24-14-9-7-13(8-10-14)15(23)22-16(17(18,19)20)21-11-12-5-3-2-4-6-12/h2-10,16,21H,11H2,1H3,(H,22,23)/p+1/t16-/m0/s1. The first-order valence-corrected chi connectivity index (χ1v) is 8.42. The van der Waals surface area contributed by atoms with Gasteiger partial charge in [-0.15, -0.1) is 0 Å². The van der Waals surface area contributed by atoms with Crippen LogP contribution in [0.2, 0.25) is 0 Å². The summed E-state index contributed by atoms with van der Waals surface area (Å²) < 4.78 is 3.43. The van der Waals surface area contributed by atoms with Crippen LogP contribution in [0.1, 0.15) is 15.9 Å². The van der Waals surface area contributed by atoms with E-state index in [9.17, 15) is 4.79 Å². The molecule has 0 aromatic heterocycles. The van der Waals surface area contributed by atoms with Gasteiger partial charge in [-0.1, -0.05) is 65.1 Å². The van der Waals surface area contributed by atoms with E-state index in [4.69, 9.17) is 39.5 Å². The highest BCUT2D eigenvalue weighted by Gasteiger charge is 2.37. The monoisotopic (exact) mass is 387 g/mol. The average Bonchev–Trinajstić information content (AvgIpc) is 2.58. The highest BCUT2D eigenvalue weighted by atomic mass is 35.6. The van der Waals surface area contributed by atoms with Crippen LogP contribution >= 0.6 is 34.8 Å². The number of carbonyl (C=O) groups is 1. The van der Waals surface area contributed by atoms with Gasteiger partial charge < -0.3 is 10.1 Å². The third-order valence-electron chi connectivity index (χ3n) is 3.42. The van der Waals surface area contributed by atoms with Crippen molar-refractivity contribution in [2.75, 3.05) is 7.11 Å². The molecule has 128 valence electrons. The van der Waals surface area contributed by atoms with Crippen LogP contribution in [0.3, 0.4) is 0 Å². The van der Waals surface area contributed by atoms with Crippen LogP contribution in [0, 0.1) is 0 Å². The van der Waals surface area contributed by atoms with Gasteiger partial charge in [-0.2, -0.15) is 0 Å². The van der Waals surface area contributed by atoms with Crippen LogP contribution in [-0.4, -0.2) is 23.0 Å². The number of halogens is 3. The number of nitrogens with one attached hydrogen (secondary N) is 1. The van der Waals surface area contributed by atoms with E-state index in [0.717, 1.165) is 5.56 Å². The number of quaternary nitrogens is 1. The smallest absolute Gasteiger partial charge is 0.262 e. The fourth-order valence-corrected chi connectivity index (χ4v) is 2.54. The van der Waals surface area contributed by atoms with Crippen molar-refractivity contribution in [1.29, 1.82) is 0 Å². The maximum absolute atomic E-state index is 12.4. The average molecular weight is 389 g/mol. The molecule has 0 fully saturated rings. The summed E-state index contributed by atoms with van der Waals surface area (Å²) in [5.74, 6) is 0.346. The molecule has 0 bridgehead atoms. The molecular formula is C17H18Cl3N2O2+. The second-order valence-corrected chi connectivity index (χ2v) is 7.52. The number of carbonyl (C=O) groups excluding carboxylic acids is 1. The Kier molecular flexibility index (Phi) is 6.75. The minimum absolute atomic E-state index is 0.321. The van der Waals surface area contributed by atoms with Crippen molar-refractivity contribution < 1.29 is 14.8 Å². The number of alkyl halides is 3. The van der Waals surface area contributed by atoms with Crippen LogP contribution in [0.5, 0.6) is 5.75 Å². The van der Waals surface area contributed by atoms with E-state index < -0.39 is 9.96 Å². The van der Waals surface area contributed by atoms with Gasteiger partial charge in [-0.05, 0) is 24.3 Å². The van der Waals surface area contributed by atoms with Crippen LogP contribution < -0.4 is 15.4 Å². The molecule has 2 aromatic carbocycles. The fraction of sp³-hybridized carbons (Fsp3) is 0.235. The molecule has 0 spiro atoms. The first-order valence-electron chi connectivity index (χ1n) is 7.29. The van der Waals surface area contributed by atoms with E-state index in [0.29, 0.717) is 17.9 Å². The number of hydrogen-bond acceptors (Lipinski definition) is 2. The third kappa shape index (κ3) is 5.56.